The third-order valence-corrected chi connectivity index (χ3v) is 9.35. The van der Waals surface area contributed by atoms with Gasteiger partial charge in [-0.3, -0.25) is 9.69 Å². The van der Waals surface area contributed by atoms with Crippen molar-refractivity contribution in [2.45, 2.75) is 97.3 Å². The van der Waals surface area contributed by atoms with E-state index in [0.29, 0.717) is 6.42 Å². The lowest BCUT2D eigenvalue weighted by molar-refractivity contribution is -0.118. The van der Waals surface area contributed by atoms with Crippen molar-refractivity contribution in [2.75, 3.05) is 44.2 Å². The normalized spacial score (nSPS) is 15.6. The first-order valence-corrected chi connectivity index (χ1v) is 16.8. The summed E-state index contributed by atoms with van der Waals surface area (Å²) in [5.41, 5.74) is 4.19. The molecule has 0 unspecified atom stereocenters. The van der Waals surface area contributed by atoms with Crippen molar-refractivity contribution in [3.05, 3.63) is 59.7 Å². The minimum absolute atomic E-state index is 0.206. The molecule has 0 bridgehead atoms. The molecule has 2 aliphatic rings. The smallest absolute Gasteiger partial charge is 0.231 e. The maximum atomic E-state index is 13.4. The first-order valence-electron chi connectivity index (χ1n) is 16.8. The second-order valence-corrected chi connectivity index (χ2v) is 12.2. The molecule has 1 amide bonds. The highest BCUT2D eigenvalue weighted by molar-refractivity contribution is 6.06. The summed E-state index contributed by atoms with van der Waals surface area (Å²) in [7, 11) is 0. The number of para-hydroxylation sites is 2. The quantitative estimate of drug-likeness (QED) is 0.181. The Balaban J connectivity index is 1.04. The fourth-order valence-corrected chi connectivity index (χ4v) is 6.66. The highest BCUT2D eigenvalue weighted by atomic mass is 16.2. The van der Waals surface area contributed by atoms with E-state index in [1.165, 1.54) is 103 Å². The van der Waals surface area contributed by atoms with Gasteiger partial charge in [0, 0.05) is 6.42 Å². The Hall–Kier alpha value is -2.43. The summed E-state index contributed by atoms with van der Waals surface area (Å²) in [6.45, 7) is 12.1. The molecule has 4 rings (SSSR count). The van der Waals surface area contributed by atoms with E-state index in [2.05, 4.69) is 60.1 Å². The molecule has 0 atom stereocenters. The zero-order valence-electron chi connectivity index (χ0n) is 26.0. The predicted octanol–water partition coefficient (Wildman–Crippen LogP) is 9.18. The van der Waals surface area contributed by atoms with Gasteiger partial charge in [0.25, 0.3) is 0 Å². The molecule has 2 heterocycles. The molecule has 224 valence electrons. The molecule has 0 saturated carbocycles. The SMILES string of the molecule is CCN(CC)CCCCC1CCN(CCCCCCCCCC(=O)N2c3ccccc3C=Cc3ccccc32)CC1. The molecule has 2 aromatic rings. The van der Waals surface area contributed by atoms with E-state index in [1.54, 1.807) is 0 Å². The Labute approximate surface area is 250 Å². The van der Waals surface area contributed by atoms with Crippen molar-refractivity contribution >= 4 is 29.4 Å². The van der Waals surface area contributed by atoms with Crippen molar-refractivity contribution in [2.24, 2.45) is 5.92 Å². The van der Waals surface area contributed by atoms with E-state index in [4.69, 9.17) is 0 Å². The third-order valence-electron chi connectivity index (χ3n) is 9.35. The molecule has 4 heteroatoms. The standard InChI is InChI=1S/C37H55N3O/c1-3-38(4-2)28-17-15-18-32-26-30-39(31-27-32)29-16-9-7-5-6-8-10-23-37(41)40-35-21-13-11-19-33(35)24-25-34-20-12-14-22-36(34)40/h11-14,19-22,24-25,32H,3-10,15-18,23,26-31H2,1-2H3. The molecule has 0 aromatic heterocycles. The van der Waals surface area contributed by atoms with E-state index >= 15 is 0 Å². The topological polar surface area (TPSA) is 26.8 Å². The fourth-order valence-electron chi connectivity index (χ4n) is 6.66. The number of benzene rings is 2. The highest BCUT2D eigenvalue weighted by Crippen LogP contribution is 2.36. The second kappa shape index (κ2) is 17.5. The number of hydrogen-bond donors (Lipinski definition) is 0. The van der Waals surface area contributed by atoms with E-state index in [9.17, 15) is 4.79 Å². The van der Waals surface area contributed by atoms with Gasteiger partial charge in [0.2, 0.25) is 5.91 Å². The van der Waals surface area contributed by atoms with E-state index in [1.807, 2.05) is 29.2 Å². The van der Waals surface area contributed by atoms with Crippen LogP contribution >= 0.6 is 0 Å². The Bertz CT molecular complexity index is 1020. The number of likely N-dealkylation sites (tertiary alicyclic amines) is 1. The molecule has 0 spiro atoms. The van der Waals surface area contributed by atoms with Crippen LogP contribution in [-0.2, 0) is 4.79 Å². The summed E-state index contributed by atoms with van der Waals surface area (Å²) in [4.78, 5) is 20.6. The highest BCUT2D eigenvalue weighted by Gasteiger charge is 2.23. The van der Waals surface area contributed by atoms with Gasteiger partial charge in [0.05, 0.1) is 11.4 Å². The molecule has 2 aliphatic heterocycles. The number of unbranched alkanes of at least 4 members (excludes halogenated alkanes) is 7. The van der Waals surface area contributed by atoms with E-state index in [-0.39, 0.29) is 5.91 Å². The first-order chi connectivity index (χ1) is 20.2. The van der Waals surface area contributed by atoms with Gasteiger partial charge >= 0.3 is 0 Å². The van der Waals surface area contributed by atoms with E-state index in [0.717, 1.165) is 41.3 Å². The van der Waals surface area contributed by atoms with Crippen molar-refractivity contribution in [3.63, 3.8) is 0 Å². The predicted molar refractivity (Wildman–Crippen MR) is 177 cm³/mol. The number of piperidine rings is 1. The molecule has 41 heavy (non-hydrogen) atoms. The van der Waals surface area contributed by atoms with Crippen molar-refractivity contribution in [1.29, 1.82) is 0 Å². The van der Waals surface area contributed by atoms with Crippen LogP contribution in [-0.4, -0.2) is 55.0 Å². The van der Waals surface area contributed by atoms with Gasteiger partial charge in [-0.1, -0.05) is 107 Å². The summed E-state index contributed by atoms with van der Waals surface area (Å²) in [6, 6.07) is 16.5. The van der Waals surface area contributed by atoms with Gasteiger partial charge in [-0.25, -0.2) is 0 Å². The maximum Gasteiger partial charge on any atom is 0.231 e. The van der Waals surface area contributed by atoms with Crippen LogP contribution in [0.3, 0.4) is 0 Å². The fraction of sp³-hybridized carbons (Fsp3) is 0.595. The van der Waals surface area contributed by atoms with Crippen LogP contribution in [0.2, 0.25) is 0 Å². The molecule has 1 saturated heterocycles. The number of anilines is 2. The van der Waals surface area contributed by atoms with Crippen molar-refractivity contribution in [3.8, 4) is 0 Å². The average Bonchev–Trinajstić information content (AvgIpc) is 3.18. The largest absolute Gasteiger partial charge is 0.304 e. The lowest BCUT2D eigenvalue weighted by Gasteiger charge is -2.32. The zero-order valence-corrected chi connectivity index (χ0v) is 26.0. The molecule has 4 nitrogen and oxygen atoms in total. The van der Waals surface area contributed by atoms with Crippen molar-refractivity contribution in [1.82, 2.24) is 9.80 Å². The van der Waals surface area contributed by atoms with Crippen LogP contribution in [0.25, 0.3) is 12.2 Å². The second-order valence-electron chi connectivity index (χ2n) is 12.2. The number of carbonyl (C=O) groups excluding carboxylic acids is 1. The van der Waals surface area contributed by atoms with Crippen LogP contribution in [0, 0.1) is 5.92 Å². The molecule has 0 N–H and O–H groups in total. The van der Waals surface area contributed by atoms with Gasteiger partial charge in [-0.05, 0) is 101 Å². The summed E-state index contributed by atoms with van der Waals surface area (Å²) in [6.07, 6.45) is 20.6. The zero-order chi connectivity index (χ0) is 28.7. The Morgan fingerprint density at radius 1 is 0.732 bits per heavy atom. The van der Waals surface area contributed by atoms with E-state index < -0.39 is 0 Å². The molecule has 1 fully saturated rings. The third kappa shape index (κ3) is 9.82. The Morgan fingerprint density at radius 2 is 1.29 bits per heavy atom. The summed E-state index contributed by atoms with van der Waals surface area (Å²) < 4.78 is 0. The van der Waals surface area contributed by atoms with Crippen LogP contribution in [0.4, 0.5) is 11.4 Å². The number of amides is 1. The van der Waals surface area contributed by atoms with Gasteiger partial charge in [0.15, 0.2) is 0 Å². The van der Waals surface area contributed by atoms with Gasteiger partial charge in [-0.2, -0.15) is 0 Å². The number of hydrogen-bond acceptors (Lipinski definition) is 3. The molecule has 0 aliphatic carbocycles. The lowest BCUT2D eigenvalue weighted by Crippen LogP contribution is -2.34. The van der Waals surface area contributed by atoms with Gasteiger partial charge < -0.3 is 9.80 Å². The first kappa shape index (κ1) is 31.5. The summed E-state index contributed by atoms with van der Waals surface area (Å²) >= 11 is 0. The number of nitrogens with zero attached hydrogens (tertiary/aromatic N) is 3. The minimum atomic E-state index is 0.206. The van der Waals surface area contributed by atoms with Crippen molar-refractivity contribution < 1.29 is 4.79 Å². The lowest BCUT2D eigenvalue weighted by atomic mass is 9.91. The Morgan fingerprint density at radius 3 is 1.90 bits per heavy atom. The molecular weight excluding hydrogens is 502 g/mol. The Kier molecular flexibility index (Phi) is 13.5. The number of fused-ring (bicyclic) bond motifs is 2. The summed E-state index contributed by atoms with van der Waals surface area (Å²) in [5, 5.41) is 0. The number of carbonyl (C=O) groups is 1. The van der Waals surface area contributed by atoms with Gasteiger partial charge in [-0.15, -0.1) is 0 Å². The van der Waals surface area contributed by atoms with Gasteiger partial charge in [0.1, 0.15) is 0 Å². The van der Waals surface area contributed by atoms with Crippen LogP contribution in [0.15, 0.2) is 48.5 Å². The molecule has 0 radical (unpaired) electrons. The monoisotopic (exact) mass is 557 g/mol. The van der Waals surface area contributed by atoms with Crippen LogP contribution in [0.1, 0.15) is 108 Å². The summed E-state index contributed by atoms with van der Waals surface area (Å²) in [5.74, 6) is 1.17. The number of rotatable bonds is 17. The molecular formula is C37H55N3O. The van der Waals surface area contributed by atoms with Crippen LogP contribution < -0.4 is 4.90 Å². The molecule has 2 aromatic carbocycles. The average molecular weight is 558 g/mol. The minimum Gasteiger partial charge on any atom is -0.304 e. The van der Waals surface area contributed by atoms with Crippen LogP contribution in [0.5, 0.6) is 0 Å². The maximum absolute atomic E-state index is 13.4.